The molecule has 1 fully saturated rings. The second kappa shape index (κ2) is 6.31. The van der Waals surface area contributed by atoms with E-state index in [1.807, 2.05) is 53.1 Å². The summed E-state index contributed by atoms with van der Waals surface area (Å²) in [7, 11) is 0. The van der Waals surface area contributed by atoms with Crippen molar-refractivity contribution in [1.29, 1.82) is 0 Å². The van der Waals surface area contributed by atoms with Crippen LogP contribution < -0.4 is 10.3 Å². The lowest BCUT2D eigenvalue weighted by Gasteiger charge is -2.25. The first-order chi connectivity index (χ1) is 12.5. The second-order valence-electron chi connectivity index (χ2n) is 7.76. The molecule has 0 saturated heterocycles. The molecule has 0 N–H and O–H groups in total. The number of hydrogen-bond acceptors (Lipinski definition) is 2. The zero-order valence-corrected chi connectivity index (χ0v) is 15.7. The van der Waals surface area contributed by atoms with Gasteiger partial charge in [0, 0.05) is 11.6 Å². The zero-order chi connectivity index (χ0) is 18.3. The maximum absolute atomic E-state index is 13.2. The molecule has 134 valence electrons. The predicted octanol–water partition coefficient (Wildman–Crippen LogP) is 5.57. The minimum absolute atomic E-state index is 0.105. The van der Waals surface area contributed by atoms with E-state index in [2.05, 4.69) is 26.8 Å². The van der Waals surface area contributed by atoms with E-state index in [-0.39, 0.29) is 11.2 Å². The van der Waals surface area contributed by atoms with Crippen molar-refractivity contribution in [3.8, 4) is 16.9 Å². The Kier molecular flexibility index (Phi) is 4.10. The van der Waals surface area contributed by atoms with Crippen LogP contribution in [-0.4, -0.2) is 10.2 Å². The molecule has 0 aliphatic heterocycles. The van der Waals surface area contributed by atoms with Crippen LogP contribution in [0.3, 0.4) is 0 Å². The summed E-state index contributed by atoms with van der Waals surface area (Å²) in [5.74, 6) is 0.837. The van der Waals surface area contributed by atoms with Crippen molar-refractivity contribution < 1.29 is 4.74 Å². The maximum Gasteiger partial charge on any atom is 0.259 e. The number of rotatable bonds is 5. The minimum atomic E-state index is -0.191. The summed E-state index contributed by atoms with van der Waals surface area (Å²) in [6, 6.07) is 18.4. The van der Waals surface area contributed by atoms with Gasteiger partial charge in [-0.2, -0.15) is 0 Å². The third-order valence-electron chi connectivity index (χ3n) is 5.27. The summed E-state index contributed by atoms with van der Waals surface area (Å²) in [5, 5.41) is 1.11. The topological polar surface area (TPSA) is 31.2 Å². The van der Waals surface area contributed by atoms with Gasteiger partial charge in [0.1, 0.15) is 11.4 Å². The highest BCUT2D eigenvalue weighted by atomic mass is 16.5. The molecule has 1 saturated carbocycles. The van der Waals surface area contributed by atoms with E-state index >= 15 is 0 Å². The van der Waals surface area contributed by atoms with Gasteiger partial charge < -0.3 is 9.30 Å². The molecule has 1 aliphatic carbocycles. The summed E-state index contributed by atoms with van der Waals surface area (Å²) in [6.45, 7) is 6.28. The summed E-state index contributed by atoms with van der Waals surface area (Å²) in [5.41, 5.74) is 2.65. The summed E-state index contributed by atoms with van der Waals surface area (Å²) < 4.78 is 8.01. The first-order valence-corrected chi connectivity index (χ1v) is 9.42. The van der Waals surface area contributed by atoms with Gasteiger partial charge in [0.05, 0.1) is 5.52 Å². The molecule has 1 aromatic heterocycles. The van der Waals surface area contributed by atoms with E-state index in [0.717, 1.165) is 47.0 Å². The number of nitrogens with zero attached hydrogens (tertiary/aromatic N) is 1. The fourth-order valence-corrected chi connectivity index (χ4v) is 3.28. The van der Waals surface area contributed by atoms with Gasteiger partial charge in [-0.15, -0.1) is 0 Å². The highest BCUT2D eigenvalue weighted by molar-refractivity contribution is 5.84. The van der Waals surface area contributed by atoms with Crippen LogP contribution in [0.25, 0.3) is 22.0 Å². The number of para-hydroxylation sites is 1. The van der Waals surface area contributed by atoms with E-state index in [1.54, 1.807) is 0 Å². The number of benzene rings is 2. The van der Waals surface area contributed by atoms with Crippen molar-refractivity contribution in [1.82, 2.24) is 4.57 Å². The molecule has 4 rings (SSSR count). The molecule has 2 aromatic carbocycles. The third-order valence-corrected chi connectivity index (χ3v) is 5.27. The molecule has 3 aromatic rings. The lowest BCUT2D eigenvalue weighted by atomic mass is 10.0. The van der Waals surface area contributed by atoms with E-state index in [4.69, 9.17) is 4.74 Å². The minimum Gasteiger partial charge on any atom is -0.488 e. The SMILES string of the molecule is CCC(C)(C)Oc1ccc(-c2cc3ccccc3n(C3CC3)c2=O)cc1. The van der Waals surface area contributed by atoms with Crippen molar-refractivity contribution in [3.05, 3.63) is 65.0 Å². The quantitative estimate of drug-likeness (QED) is 0.604. The third kappa shape index (κ3) is 3.14. The van der Waals surface area contributed by atoms with Crippen LogP contribution in [0.2, 0.25) is 0 Å². The Labute approximate surface area is 154 Å². The van der Waals surface area contributed by atoms with E-state index in [9.17, 15) is 4.79 Å². The summed E-state index contributed by atoms with van der Waals surface area (Å²) in [4.78, 5) is 13.2. The Morgan fingerprint density at radius 2 is 1.77 bits per heavy atom. The number of pyridine rings is 1. The van der Waals surface area contributed by atoms with Gasteiger partial charge in [0.2, 0.25) is 0 Å². The van der Waals surface area contributed by atoms with Crippen molar-refractivity contribution in [2.45, 2.75) is 51.7 Å². The van der Waals surface area contributed by atoms with Crippen LogP contribution in [0.5, 0.6) is 5.75 Å². The van der Waals surface area contributed by atoms with E-state index < -0.39 is 0 Å². The highest BCUT2D eigenvalue weighted by Crippen LogP contribution is 2.37. The van der Waals surface area contributed by atoms with Crippen LogP contribution in [0, 0.1) is 0 Å². The first kappa shape index (κ1) is 16.9. The Hall–Kier alpha value is -2.55. The average molecular weight is 347 g/mol. The summed E-state index contributed by atoms with van der Waals surface area (Å²) in [6.07, 6.45) is 3.12. The molecule has 0 atom stereocenters. The van der Waals surface area contributed by atoms with Crippen LogP contribution in [0.1, 0.15) is 46.1 Å². The van der Waals surface area contributed by atoms with Crippen molar-refractivity contribution >= 4 is 10.9 Å². The molecule has 26 heavy (non-hydrogen) atoms. The molecule has 0 amide bonds. The van der Waals surface area contributed by atoms with Crippen LogP contribution in [-0.2, 0) is 0 Å². The molecule has 1 heterocycles. The van der Waals surface area contributed by atoms with Gasteiger partial charge in [0.25, 0.3) is 5.56 Å². The van der Waals surface area contributed by atoms with Crippen LogP contribution >= 0.6 is 0 Å². The standard InChI is InChI=1S/C23H25NO2/c1-4-23(2,3)26-19-13-9-16(10-14-19)20-15-17-7-5-6-8-21(17)24(22(20)25)18-11-12-18/h5-10,13-15,18H,4,11-12H2,1-3H3. The predicted molar refractivity (Wildman–Crippen MR) is 107 cm³/mol. The van der Waals surface area contributed by atoms with Crippen molar-refractivity contribution in [3.63, 3.8) is 0 Å². The van der Waals surface area contributed by atoms with Gasteiger partial charge >= 0.3 is 0 Å². The largest absolute Gasteiger partial charge is 0.488 e. The molecule has 3 heteroatoms. The first-order valence-electron chi connectivity index (χ1n) is 9.42. The summed E-state index contributed by atoms with van der Waals surface area (Å²) >= 11 is 0. The lowest BCUT2D eigenvalue weighted by molar-refractivity contribution is 0.105. The zero-order valence-electron chi connectivity index (χ0n) is 15.7. The molecule has 0 bridgehead atoms. The second-order valence-corrected chi connectivity index (χ2v) is 7.76. The Bertz CT molecular complexity index is 995. The molecular weight excluding hydrogens is 322 g/mol. The molecule has 0 unspecified atom stereocenters. The lowest BCUT2D eigenvalue weighted by Crippen LogP contribution is -2.26. The number of ether oxygens (including phenoxy) is 1. The average Bonchev–Trinajstić information content (AvgIpc) is 3.46. The molecule has 0 spiro atoms. The van der Waals surface area contributed by atoms with E-state index in [1.165, 1.54) is 0 Å². The van der Waals surface area contributed by atoms with E-state index in [0.29, 0.717) is 6.04 Å². The highest BCUT2D eigenvalue weighted by Gasteiger charge is 2.27. The molecule has 0 radical (unpaired) electrons. The van der Waals surface area contributed by atoms with Crippen molar-refractivity contribution in [2.24, 2.45) is 0 Å². The molecular formula is C23H25NO2. The van der Waals surface area contributed by atoms with Gasteiger partial charge in [-0.1, -0.05) is 37.3 Å². The maximum atomic E-state index is 13.2. The van der Waals surface area contributed by atoms with Gasteiger partial charge in [-0.3, -0.25) is 4.79 Å². The van der Waals surface area contributed by atoms with Gasteiger partial charge in [0.15, 0.2) is 0 Å². The molecule has 3 nitrogen and oxygen atoms in total. The van der Waals surface area contributed by atoms with Gasteiger partial charge in [-0.25, -0.2) is 0 Å². The normalized spacial score (nSPS) is 14.6. The number of aromatic nitrogens is 1. The Morgan fingerprint density at radius 3 is 2.42 bits per heavy atom. The number of hydrogen-bond donors (Lipinski definition) is 0. The number of fused-ring (bicyclic) bond motifs is 1. The van der Waals surface area contributed by atoms with Crippen LogP contribution in [0.15, 0.2) is 59.4 Å². The van der Waals surface area contributed by atoms with Gasteiger partial charge in [-0.05, 0) is 68.3 Å². The monoisotopic (exact) mass is 347 g/mol. The molecule has 1 aliphatic rings. The Morgan fingerprint density at radius 1 is 1.08 bits per heavy atom. The van der Waals surface area contributed by atoms with Crippen molar-refractivity contribution in [2.75, 3.05) is 0 Å². The fraction of sp³-hybridized carbons (Fsp3) is 0.348. The Balaban J connectivity index is 1.77. The fourth-order valence-electron chi connectivity index (χ4n) is 3.28. The van der Waals surface area contributed by atoms with Crippen LogP contribution in [0.4, 0.5) is 0 Å². The smallest absolute Gasteiger partial charge is 0.259 e.